The second-order valence-corrected chi connectivity index (χ2v) is 19.7. The lowest BCUT2D eigenvalue weighted by Crippen LogP contribution is -2.59. The lowest BCUT2D eigenvalue weighted by atomic mass is 9.95. The summed E-state index contributed by atoms with van der Waals surface area (Å²) in [7, 11) is 4.07. The van der Waals surface area contributed by atoms with Gasteiger partial charge in [0.15, 0.2) is 22.7 Å². The third kappa shape index (κ3) is 11.3. The third-order valence-electron chi connectivity index (χ3n) is 13.5. The number of ether oxygens (including phenoxy) is 4. The number of amides is 1. The number of aromatic nitrogens is 6. The van der Waals surface area contributed by atoms with Crippen molar-refractivity contribution in [3.63, 3.8) is 0 Å². The number of fused-ring (bicyclic) bond motifs is 2. The summed E-state index contributed by atoms with van der Waals surface area (Å²) in [6, 6.07) is 18.3. The summed E-state index contributed by atoms with van der Waals surface area (Å²) in [6.07, 6.45) is 10.8. The molecule has 0 spiro atoms. The Morgan fingerprint density at radius 3 is 1.39 bits per heavy atom. The minimum atomic E-state index is -0.998. The van der Waals surface area contributed by atoms with Crippen molar-refractivity contribution < 1.29 is 43.2 Å². The fourth-order valence-corrected chi connectivity index (χ4v) is 9.77. The lowest BCUT2D eigenvalue weighted by molar-refractivity contribution is 0.0398. The molecule has 72 heavy (non-hydrogen) atoms. The van der Waals surface area contributed by atoms with E-state index >= 15 is 0 Å². The number of likely N-dealkylation sites (N-methyl/N-ethyl adjacent to an activating group) is 1. The fraction of sp³-hybridized carbons (Fsp3) is 0.491. The monoisotopic (exact) mass is 985 g/mol. The van der Waals surface area contributed by atoms with Crippen LogP contribution in [0.25, 0.3) is 44.3 Å². The van der Waals surface area contributed by atoms with Crippen LogP contribution in [0.4, 0.5) is 0 Å². The first-order valence-corrected chi connectivity index (χ1v) is 25.6. The second-order valence-electron chi connectivity index (χ2n) is 19.7. The topological polar surface area (TPSA) is 193 Å². The molecule has 0 bridgehead atoms. The normalized spacial score (nSPS) is 15.7. The standard InChI is InChI=1S/C30H39N5O4.C25H29N3O5/c1-6-38-30(37)25-16-24(20-12-14-21(15-13-20)29(36)34-17-23(18-34)33(4)5)26-27(31-25)35(22-10-8-7-9-11-22)32-28(26)39-19(2)3;1-4-32-25(31)20-14-19(16-10-12-17(13-11-16)24(29)30)21-22(26-20)28(18-8-6-5-7-9-18)27-23(21)33-15(2)3/h12-16,19,22-23H,6-11,17-18H2,1-5H3;10-15,18H,4-9H2,1-3H3,(H,29,30). The molecule has 2 aromatic carbocycles. The maximum Gasteiger partial charge on any atom is 0.357 e. The largest absolute Gasteiger partial charge is 0.478 e. The molecule has 1 amide bonds. The Balaban J connectivity index is 0.000000195. The van der Waals surface area contributed by atoms with Gasteiger partial charge in [0.2, 0.25) is 11.8 Å². The quantitative estimate of drug-likeness (QED) is 0.0955. The third-order valence-corrected chi connectivity index (χ3v) is 13.5. The molecule has 0 radical (unpaired) electrons. The molecule has 17 nitrogen and oxygen atoms in total. The number of aromatic carboxylic acids is 1. The van der Waals surface area contributed by atoms with E-state index in [0.29, 0.717) is 45.6 Å². The van der Waals surface area contributed by atoms with Gasteiger partial charge in [0.25, 0.3) is 5.91 Å². The molecule has 0 unspecified atom stereocenters. The van der Waals surface area contributed by atoms with Crippen LogP contribution in [0, 0.1) is 0 Å². The molecular weight excluding hydrogens is 917 g/mol. The lowest BCUT2D eigenvalue weighted by Gasteiger charge is -2.42. The molecule has 3 fully saturated rings. The van der Waals surface area contributed by atoms with Gasteiger partial charge in [-0.2, -0.15) is 0 Å². The number of hydrogen-bond donors (Lipinski definition) is 1. The first-order valence-electron chi connectivity index (χ1n) is 25.6. The second kappa shape index (κ2) is 22.7. The van der Waals surface area contributed by atoms with Crippen molar-refractivity contribution in [1.29, 1.82) is 0 Å². The molecule has 1 saturated heterocycles. The van der Waals surface area contributed by atoms with Crippen molar-refractivity contribution in [3.05, 3.63) is 83.2 Å². The summed E-state index contributed by atoms with van der Waals surface area (Å²) in [5, 5.41) is 20.5. The number of rotatable bonds is 15. The Labute approximate surface area is 420 Å². The van der Waals surface area contributed by atoms with E-state index < -0.39 is 17.9 Å². The van der Waals surface area contributed by atoms with Gasteiger partial charge in [-0.25, -0.2) is 33.7 Å². The summed E-state index contributed by atoms with van der Waals surface area (Å²) in [5.74, 6) is -0.970. The molecule has 9 rings (SSSR count). The van der Waals surface area contributed by atoms with Crippen LogP contribution < -0.4 is 9.47 Å². The SMILES string of the molecule is CCOC(=O)c1cc(-c2ccc(C(=O)N3CC(N(C)C)C3)cc2)c2c(OC(C)C)nn(C3CCCCC3)c2n1.CCOC(=O)c1cc(-c2ccc(C(=O)O)cc2)c2c(OC(C)C)nn(C3CCCCC3)c2n1. The maximum atomic E-state index is 13.0. The average Bonchev–Trinajstić information content (AvgIpc) is 3.91. The van der Waals surface area contributed by atoms with Gasteiger partial charge in [0.05, 0.1) is 53.8 Å². The van der Waals surface area contributed by atoms with Crippen molar-refractivity contribution in [2.75, 3.05) is 40.4 Å². The highest BCUT2D eigenvalue weighted by atomic mass is 16.5. The van der Waals surface area contributed by atoms with E-state index in [4.69, 9.17) is 34.1 Å². The molecule has 2 aliphatic carbocycles. The van der Waals surface area contributed by atoms with Gasteiger partial charge in [-0.05, 0) is 129 Å². The van der Waals surface area contributed by atoms with Gasteiger partial charge in [-0.3, -0.25) is 4.79 Å². The minimum Gasteiger partial charge on any atom is -0.478 e. The van der Waals surface area contributed by atoms with Gasteiger partial charge < -0.3 is 33.9 Å². The van der Waals surface area contributed by atoms with Crippen molar-refractivity contribution in [1.82, 2.24) is 39.3 Å². The van der Waals surface area contributed by atoms with E-state index in [0.717, 1.165) is 86.5 Å². The number of carbonyl (C=O) groups is 4. The van der Waals surface area contributed by atoms with Crippen molar-refractivity contribution in [3.8, 4) is 34.0 Å². The fourth-order valence-electron chi connectivity index (χ4n) is 9.77. The first kappa shape index (κ1) is 51.5. The smallest absolute Gasteiger partial charge is 0.357 e. The number of carboxylic acids is 1. The Kier molecular flexibility index (Phi) is 16.2. The Morgan fingerprint density at radius 2 is 1.03 bits per heavy atom. The van der Waals surface area contributed by atoms with Gasteiger partial charge in [0, 0.05) is 35.8 Å². The number of esters is 2. The number of hydrogen-bond acceptors (Lipinski definition) is 13. The number of pyridine rings is 2. The van der Waals surface area contributed by atoms with E-state index in [1.54, 1.807) is 50.2 Å². The number of carboxylic acid groups (broad SMARTS) is 1. The number of likely N-dealkylation sites (tertiary alicyclic amines) is 1. The van der Waals surface area contributed by atoms with Crippen LogP contribution in [-0.2, 0) is 9.47 Å². The molecule has 17 heteroatoms. The molecule has 6 aromatic rings. The van der Waals surface area contributed by atoms with Crippen LogP contribution in [0.2, 0.25) is 0 Å². The minimum absolute atomic E-state index is 0.0284. The predicted molar refractivity (Wildman–Crippen MR) is 274 cm³/mol. The van der Waals surface area contributed by atoms with Crippen LogP contribution in [0.1, 0.15) is 160 Å². The summed E-state index contributed by atoms with van der Waals surface area (Å²) < 4.78 is 26.7. The van der Waals surface area contributed by atoms with E-state index in [9.17, 15) is 24.3 Å². The molecule has 1 aliphatic heterocycles. The Bertz CT molecular complexity index is 2890. The highest BCUT2D eigenvalue weighted by Gasteiger charge is 2.33. The molecular formula is C55H68N8O9. The highest BCUT2D eigenvalue weighted by molar-refractivity contribution is 6.03. The number of nitrogens with zero attached hydrogens (tertiary/aromatic N) is 8. The summed E-state index contributed by atoms with van der Waals surface area (Å²) in [5.41, 5.74) is 5.57. The van der Waals surface area contributed by atoms with Crippen LogP contribution in [-0.4, -0.2) is 127 Å². The number of benzene rings is 2. The molecule has 1 N–H and O–H groups in total. The first-order chi connectivity index (χ1) is 34.6. The zero-order chi connectivity index (χ0) is 51.2. The predicted octanol–water partition coefficient (Wildman–Crippen LogP) is 10.2. The highest BCUT2D eigenvalue weighted by Crippen LogP contribution is 2.41. The molecule has 4 aromatic heterocycles. The van der Waals surface area contributed by atoms with E-state index in [1.807, 2.05) is 80.3 Å². The van der Waals surface area contributed by atoms with Crippen LogP contribution >= 0.6 is 0 Å². The summed E-state index contributed by atoms with van der Waals surface area (Å²) in [6.45, 7) is 13.3. The van der Waals surface area contributed by atoms with Gasteiger partial charge in [-0.1, -0.05) is 62.8 Å². The average molecular weight is 985 g/mol. The van der Waals surface area contributed by atoms with Gasteiger partial charge in [0.1, 0.15) is 0 Å². The van der Waals surface area contributed by atoms with E-state index in [1.165, 1.54) is 12.8 Å². The zero-order valence-electron chi connectivity index (χ0n) is 42.9. The van der Waals surface area contributed by atoms with Gasteiger partial charge in [-0.15, -0.1) is 10.2 Å². The van der Waals surface area contributed by atoms with E-state index in [2.05, 4.69) is 9.88 Å². The zero-order valence-corrected chi connectivity index (χ0v) is 42.9. The summed E-state index contributed by atoms with van der Waals surface area (Å²) >= 11 is 0. The van der Waals surface area contributed by atoms with Crippen LogP contribution in [0.3, 0.4) is 0 Å². The van der Waals surface area contributed by atoms with Gasteiger partial charge >= 0.3 is 17.9 Å². The summed E-state index contributed by atoms with van der Waals surface area (Å²) in [4.78, 5) is 63.4. The Morgan fingerprint density at radius 1 is 0.625 bits per heavy atom. The Hall–Kier alpha value is -6.88. The van der Waals surface area contributed by atoms with E-state index in [-0.39, 0.29) is 60.4 Å². The number of carbonyl (C=O) groups excluding carboxylic acids is 3. The van der Waals surface area contributed by atoms with Crippen molar-refractivity contribution >= 4 is 45.9 Å². The van der Waals surface area contributed by atoms with Crippen LogP contribution in [0.15, 0.2) is 60.7 Å². The molecule has 0 atom stereocenters. The molecule has 382 valence electrons. The van der Waals surface area contributed by atoms with Crippen molar-refractivity contribution in [2.24, 2.45) is 0 Å². The molecule has 5 heterocycles. The van der Waals surface area contributed by atoms with Crippen molar-refractivity contribution in [2.45, 2.75) is 136 Å². The maximum absolute atomic E-state index is 13.0. The molecule has 2 saturated carbocycles. The van der Waals surface area contributed by atoms with Crippen LogP contribution in [0.5, 0.6) is 11.8 Å². The molecule has 3 aliphatic rings.